The Balaban J connectivity index is 2.27. The van der Waals surface area contributed by atoms with Gasteiger partial charge in [-0.25, -0.2) is 0 Å². The van der Waals surface area contributed by atoms with Crippen LogP contribution in [-0.4, -0.2) is 12.8 Å². The van der Waals surface area contributed by atoms with Gasteiger partial charge in [0.2, 0.25) is 0 Å². The lowest BCUT2D eigenvalue weighted by Crippen LogP contribution is -2.21. The van der Waals surface area contributed by atoms with Crippen molar-refractivity contribution in [1.82, 2.24) is 5.32 Å². The maximum Gasteiger partial charge on any atom is 0.125 e. The summed E-state index contributed by atoms with van der Waals surface area (Å²) in [7, 11) is 0. The molecule has 102 valence electrons. The van der Waals surface area contributed by atoms with Crippen LogP contribution in [-0.2, 0) is 6.42 Å². The second-order valence-corrected chi connectivity index (χ2v) is 5.30. The average Bonchev–Trinajstić information content (AvgIpc) is 2.93. The zero-order valence-electron chi connectivity index (χ0n) is 11.8. The Bertz CT molecular complexity index is 504. The molecule has 2 nitrogen and oxygen atoms in total. The Hall–Kier alpha value is -1.19. The number of hydrogen-bond donors (Lipinski definition) is 1. The molecule has 0 spiro atoms. The lowest BCUT2D eigenvalue weighted by molar-refractivity contribution is 0.426. The molecular formula is C16H21NOS. The molecular weight excluding hydrogens is 254 g/mol. The molecule has 1 unspecified atom stereocenters. The SMILES string of the molecule is CCNC(c1ccc(SC)cc1)c1ccc(CC)o1. The van der Waals surface area contributed by atoms with Gasteiger partial charge in [-0.1, -0.05) is 26.0 Å². The van der Waals surface area contributed by atoms with Crippen LogP contribution in [0.15, 0.2) is 45.7 Å². The lowest BCUT2D eigenvalue weighted by atomic mass is 10.0. The molecule has 1 aromatic heterocycles. The first kappa shape index (κ1) is 14.2. The van der Waals surface area contributed by atoms with Crippen molar-refractivity contribution < 1.29 is 4.42 Å². The van der Waals surface area contributed by atoms with Gasteiger partial charge in [0.05, 0.1) is 6.04 Å². The topological polar surface area (TPSA) is 25.2 Å². The zero-order valence-corrected chi connectivity index (χ0v) is 12.6. The monoisotopic (exact) mass is 275 g/mol. The third-order valence-electron chi connectivity index (χ3n) is 3.17. The quantitative estimate of drug-likeness (QED) is 0.797. The van der Waals surface area contributed by atoms with E-state index in [4.69, 9.17) is 4.42 Å². The molecule has 0 saturated carbocycles. The number of nitrogens with one attached hydrogen (secondary N) is 1. The van der Waals surface area contributed by atoms with Gasteiger partial charge in [-0.2, -0.15) is 0 Å². The molecule has 0 amide bonds. The summed E-state index contributed by atoms with van der Waals surface area (Å²) in [5.41, 5.74) is 1.25. The zero-order chi connectivity index (χ0) is 13.7. The van der Waals surface area contributed by atoms with Crippen LogP contribution in [0.5, 0.6) is 0 Å². The first-order valence-electron chi connectivity index (χ1n) is 6.74. The van der Waals surface area contributed by atoms with Crippen LogP contribution < -0.4 is 5.32 Å². The van der Waals surface area contributed by atoms with Crippen LogP contribution in [0.2, 0.25) is 0 Å². The molecule has 0 bridgehead atoms. The van der Waals surface area contributed by atoms with Gasteiger partial charge in [-0.3, -0.25) is 0 Å². The molecule has 2 aromatic rings. The number of rotatable bonds is 6. The maximum atomic E-state index is 5.89. The van der Waals surface area contributed by atoms with Crippen molar-refractivity contribution in [1.29, 1.82) is 0 Å². The van der Waals surface area contributed by atoms with Crippen LogP contribution >= 0.6 is 11.8 Å². The van der Waals surface area contributed by atoms with Crippen molar-refractivity contribution in [2.45, 2.75) is 31.2 Å². The first-order valence-corrected chi connectivity index (χ1v) is 7.96. The summed E-state index contributed by atoms with van der Waals surface area (Å²) in [6.07, 6.45) is 3.03. The van der Waals surface area contributed by atoms with E-state index in [-0.39, 0.29) is 6.04 Å². The summed E-state index contributed by atoms with van der Waals surface area (Å²) in [4.78, 5) is 1.28. The average molecular weight is 275 g/mol. The molecule has 0 aliphatic carbocycles. The smallest absolute Gasteiger partial charge is 0.125 e. The Morgan fingerprint density at radius 1 is 1.11 bits per heavy atom. The van der Waals surface area contributed by atoms with Gasteiger partial charge >= 0.3 is 0 Å². The minimum absolute atomic E-state index is 0.140. The van der Waals surface area contributed by atoms with E-state index >= 15 is 0 Å². The molecule has 19 heavy (non-hydrogen) atoms. The third-order valence-corrected chi connectivity index (χ3v) is 3.92. The lowest BCUT2D eigenvalue weighted by Gasteiger charge is -2.16. The van der Waals surface area contributed by atoms with Crippen LogP contribution in [0.1, 0.15) is 37.0 Å². The Labute approximate surface area is 119 Å². The van der Waals surface area contributed by atoms with E-state index in [2.05, 4.69) is 61.8 Å². The summed E-state index contributed by atoms with van der Waals surface area (Å²) >= 11 is 1.76. The number of aryl methyl sites for hydroxylation is 1. The van der Waals surface area contributed by atoms with E-state index in [0.717, 1.165) is 24.5 Å². The highest BCUT2D eigenvalue weighted by molar-refractivity contribution is 7.98. The fraction of sp³-hybridized carbons (Fsp3) is 0.375. The van der Waals surface area contributed by atoms with Crippen molar-refractivity contribution in [2.75, 3.05) is 12.8 Å². The van der Waals surface area contributed by atoms with Crippen LogP contribution in [0, 0.1) is 0 Å². The van der Waals surface area contributed by atoms with Gasteiger partial charge in [-0.15, -0.1) is 11.8 Å². The molecule has 0 aliphatic heterocycles. The van der Waals surface area contributed by atoms with Crippen LogP contribution in [0.3, 0.4) is 0 Å². The first-order chi connectivity index (χ1) is 9.28. The minimum atomic E-state index is 0.140. The van der Waals surface area contributed by atoms with Gasteiger partial charge in [0, 0.05) is 11.3 Å². The van der Waals surface area contributed by atoms with E-state index in [9.17, 15) is 0 Å². The molecule has 3 heteroatoms. The summed E-state index contributed by atoms with van der Waals surface area (Å²) in [5, 5.41) is 3.49. The van der Waals surface area contributed by atoms with Gasteiger partial charge in [0.15, 0.2) is 0 Å². The number of thioether (sulfide) groups is 1. The highest BCUT2D eigenvalue weighted by Gasteiger charge is 2.16. The summed E-state index contributed by atoms with van der Waals surface area (Å²) in [5.74, 6) is 2.04. The summed E-state index contributed by atoms with van der Waals surface area (Å²) in [6, 6.07) is 13.0. The highest BCUT2D eigenvalue weighted by Crippen LogP contribution is 2.26. The molecule has 1 N–H and O–H groups in total. The maximum absolute atomic E-state index is 5.89. The largest absolute Gasteiger partial charge is 0.464 e. The van der Waals surface area contributed by atoms with E-state index in [0.29, 0.717) is 0 Å². The van der Waals surface area contributed by atoms with E-state index < -0.39 is 0 Å². The van der Waals surface area contributed by atoms with Crippen molar-refractivity contribution in [3.05, 3.63) is 53.5 Å². The molecule has 1 heterocycles. The van der Waals surface area contributed by atoms with Gasteiger partial charge in [-0.05, 0) is 42.6 Å². The highest BCUT2D eigenvalue weighted by atomic mass is 32.2. The van der Waals surface area contributed by atoms with Crippen molar-refractivity contribution >= 4 is 11.8 Å². The third kappa shape index (κ3) is 3.43. The molecule has 1 atom stereocenters. The van der Waals surface area contributed by atoms with E-state index in [1.54, 1.807) is 11.8 Å². The predicted molar refractivity (Wildman–Crippen MR) is 81.8 cm³/mol. The fourth-order valence-corrected chi connectivity index (χ4v) is 2.53. The van der Waals surface area contributed by atoms with E-state index in [1.165, 1.54) is 10.5 Å². The molecule has 2 rings (SSSR count). The van der Waals surface area contributed by atoms with Gasteiger partial charge < -0.3 is 9.73 Å². The molecule has 0 fully saturated rings. The predicted octanol–water partition coefficient (Wildman–Crippen LogP) is 4.26. The summed E-state index contributed by atoms with van der Waals surface area (Å²) < 4.78 is 5.89. The van der Waals surface area contributed by atoms with Crippen molar-refractivity contribution in [2.24, 2.45) is 0 Å². The second-order valence-electron chi connectivity index (χ2n) is 4.42. The van der Waals surface area contributed by atoms with Gasteiger partial charge in [0.1, 0.15) is 11.5 Å². The summed E-state index contributed by atoms with van der Waals surface area (Å²) in [6.45, 7) is 5.14. The number of furan rings is 1. The number of benzene rings is 1. The standard InChI is InChI=1S/C16H21NOS/c1-4-13-8-11-15(18-13)16(17-5-2)12-6-9-14(19-3)10-7-12/h6-11,16-17H,4-5H2,1-3H3. The second kappa shape index (κ2) is 6.83. The van der Waals surface area contributed by atoms with Gasteiger partial charge in [0.25, 0.3) is 0 Å². The van der Waals surface area contributed by atoms with Crippen LogP contribution in [0.25, 0.3) is 0 Å². The van der Waals surface area contributed by atoms with E-state index in [1.807, 2.05) is 0 Å². The Morgan fingerprint density at radius 2 is 1.84 bits per heavy atom. The fourth-order valence-electron chi connectivity index (χ4n) is 2.12. The van der Waals surface area contributed by atoms with Crippen molar-refractivity contribution in [3.63, 3.8) is 0 Å². The molecule has 0 radical (unpaired) electrons. The van der Waals surface area contributed by atoms with Crippen LogP contribution in [0.4, 0.5) is 0 Å². The molecule has 0 aliphatic rings. The Morgan fingerprint density at radius 3 is 2.37 bits per heavy atom. The van der Waals surface area contributed by atoms with Crippen molar-refractivity contribution in [3.8, 4) is 0 Å². The minimum Gasteiger partial charge on any atom is -0.464 e. The normalized spacial score (nSPS) is 12.6. The molecule has 1 aromatic carbocycles. The molecule has 0 saturated heterocycles. The Kier molecular flexibility index (Phi) is 5.11. The number of hydrogen-bond acceptors (Lipinski definition) is 3.